The molecule has 0 aromatic rings. The summed E-state index contributed by atoms with van der Waals surface area (Å²) in [5.74, 6) is 1.12. The van der Waals surface area contributed by atoms with Gasteiger partial charge < -0.3 is 0 Å². The zero-order chi connectivity index (χ0) is 7.68. The van der Waals surface area contributed by atoms with Crippen molar-refractivity contribution in [1.29, 1.82) is 5.26 Å². The molecule has 1 saturated carbocycles. The average molecular weight is 148 g/mol. The van der Waals surface area contributed by atoms with Crippen molar-refractivity contribution in [2.45, 2.75) is 31.7 Å². The van der Waals surface area contributed by atoms with Crippen molar-refractivity contribution < 1.29 is 0 Å². The molecular weight excluding hydrogens is 136 g/mol. The molecule has 2 nitrogen and oxygen atoms in total. The van der Waals surface area contributed by atoms with E-state index in [0.717, 1.165) is 18.8 Å². The summed E-state index contributed by atoms with van der Waals surface area (Å²) >= 11 is 0. The molecule has 0 amide bonds. The first-order valence-corrected chi connectivity index (χ1v) is 4.33. The van der Waals surface area contributed by atoms with E-state index in [0.29, 0.717) is 12.0 Å². The molecule has 0 spiro atoms. The van der Waals surface area contributed by atoms with Crippen LogP contribution in [-0.2, 0) is 0 Å². The number of hydrogen-bond donors (Lipinski definition) is 0. The predicted molar refractivity (Wildman–Crippen MR) is 43.3 cm³/mol. The van der Waals surface area contributed by atoms with Gasteiger partial charge in [-0.15, -0.1) is 0 Å². The molecule has 2 heteroatoms. The second-order valence-corrected chi connectivity index (χ2v) is 3.53. The van der Waals surface area contributed by atoms with E-state index >= 15 is 0 Å². The number of nitrogens with zero attached hydrogens (tertiary/aromatic N) is 2. The highest BCUT2D eigenvalue weighted by atomic mass is 14.9. The van der Waals surface area contributed by atoms with Gasteiger partial charge in [-0.2, -0.15) is 5.26 Å². The van der Waals surface area contributed by atoms with E-state index in [9.17, 15) is 0 Å². The molecule has 0 radical (unpaired) electrons. The molecule has 1 atom stereocenters. The molecule has 0 bridgehead atoms. The van der Waals surface area contributed by atoms with Gasteiger partial charge in [0.1, 0.15) is 0 Å². The molecule has 2 rings (SSSR count). The highest BCUT2D eigenvalue weighted by Crippen LogP contribution is 2.33. The third-order valence-corrected chi connectivity index (χ3v) is 2.76. The van der Waals surface area contributed by atoms with Gasteiger partial charge in [-0.3, -0.25) is 4.99 Å². The van der Waals surface area contributed by atoms with Crippen LogP contribution in [0.3, 0.4) is 0 Å². The lowest BCUT2D eigenvalue weighted by atomic mass is 9.81. The van der Waals surface area contributed by atoms with Gasteiger partial charge in [-0.05, 0) is 31.6 Å². The Morgan fingerprint density at radius 1 is 1.27 bits per heavy atom. The first kappa shape index (κ1) is 6.84. The Bertz CT molecular complexity index is 200. The highest BCUT2D eigenvalue weighted by molar-refractivity contribution is 5.78. The molecular formula is C9H12N2. The lowest BCUT2D eigenvalue weighted by Crippen LogP contribution is -2.18. The number of nitriles is 1. The lowest BCUT2D eigenvalue weighted by molar-refractivity contribution is 0.316. The van der Waals surface area contributed by atoms with Crippen LogP contribution in [0.25, 0.3) is 0 Å². The van der Waals surface area contributed by atoms with E-state index in [1.54, 1.807) is 0 Å². The molecule has 0 aromatic heterocycles. The van der Waals surface area contributed by atoms with Gasteiger partial charge >= 0.3 is 0 Å². The van der Waals surface area contributed by atoms with Gasteiger partial charge in [0.2, 0.25) is 0 Å². The minimum absolute atomic E-state index is 0.338. The van der Waals surface area contributed by atoms with Gasteiger partial charge in [0.05, 0.1) is 12.1 Å². The number of hydrogen-bond acceptors (Lipinski definition) is 2. The fourth-order valence-corrected chi connectivity index (χ4v) is 1.88. The van der Waals surface area contributed by atoms with Crippen LogP contribution in [0.5, 0.6) is 0 Å². The summed E-state index contributed by atoms with van der Waals surface area (Å²) in [6, 6.07) is 2.91. The van der Waals surface area contributed by atoms with E-state index in [4.69, 9.17) is 5.26 Å². The SMILES string of the molecule is N#CC1CCC(C2C=N2)CC1. The Kier molecular flexibility index (Phi) is 1.65. The van der Waals surface area contributed by atoms with Gasteiger partial charge in [-0.25, -0.2) is 0 Å². The van der Waals surface area contributed by atoms with Crippen molar-refractivity contribution >= 4 is 6.21 Å². The van der Waals surface area contributed by atoms with Crippen LogP contribution in [-0.4, -0.2) is 12.3 Å². The van der Waals surface area contributed by atoms with Crippen LogP contribution < -0.4 is 0 Å². The summed E-state index contributed by atoms with van der Waals surface area (Å²) < 4.78 is 0. The summed E-state index contributed by atoms with van der Waals surface area (Å²) in [4.78, 5) is 4.17. The van der Waals surface area contributed by atoms with E-state index in [1.807, 2.05) is 6.21 Å². The molecule has 1 aliphatic carbocycles. The first-order chi connectivity index (χ1) is 5.40. The summed E-state index contributed by atoms with van der Waals surface area (Å²) in [5.41, 5.74) is 0. The molecule has 1 aliphatic heterocycles. The number of rotatable bonds is 1. The monoisotopic (exact) mass is 148 g/mol. The molecule has 1 unspecified atom stereocenters. The second-order valence-electron chi connectivity index (χ2n) is 3.53. The normalized spacial score (nSPS) is 41.5. The maximum atomic E-state index is 8.65. The van der Waals surface area contributed by atoms with Crippen LogP contribution in [0.15, 0.2) is 4.99 Å². The summed E-state index contributed by atoms with van der Waals surface area (Å²) in [6.07, 6.45) is 6.66. The highest BCUT2D eigenvalue weighted by Gasteiger charge is 2.30. The zero-order valence-corrected chi connectivity index (χ0v) is 6.53. The fraction of sp³-hybridized carbons (Fsp3) is 0.778. The van der Waals surface area contributed by atoms with Crippen molar-refractivity contribution in [2.75, 3.05) is 0 Å². The van der Waals surface area contributed by atoms with Crippen molar-refractivity contribution in [3.8, 4) is 6.07 Å². The van der Waals surface area contributed by atoms with Gasteiger partial charge in [0, 0.05) is 12.1 Å². The molecule has 2 aliphatic rings. The average Bonchev–Trinajstić information content (AvgIpc) is 2.87. The Hall–Kier alpha value is -0.840. The van der Waals surface area contributed by atoms with Crippen LogP contribution in [0.1, 0.15) is 25.7 Å². The third kappa shape index (κ3) is 1.42. The van der Waals surface area contributed by atoms with E-state index in [-0.39, 0.29) is 0 Å². The quantitative estimate of drug-likeness (QED) is 0.558. The van der Waals surface area contributed by atoms with Crippen molar-refractivity contribution in [2.24, 2.45) is 16.8 Å². The Morgan fingerprint density at radius 2 is 1.91 bits per heavy atom. The molecule has 0 N–H and O–H groups in total. The maximum Gasteiger partial charge on any atom is 0.0871 e. The molecule has 0 saturated heterocycles. The second kappa shape index (κ2) is 2.65. The van der Waals surface area contributed by atoms with Crippen molar-refractivity contribution in [3.05, 3.63) is 0 Å². The van der Waals surface area contributed by atoms with Crippen molar-refractivity contribution in [3.63, 3.8) is 0 Å². The van der Waals surface area contributed by atoms with E-state index in [1.165, 1.54) is 12.8 Å². The van der Waals surface area contributed by atoms with Crippen LogP contribution >= 0.6 is 0 Å². The topological polar surface area (TPSA) is 36.1 Å². The van der Waals surface area contributed by atoms with Gasteiger partial charge in [-0.1, -0.05) is 0 Å². The van der Waals surface area contributed by atoms with E-state index < -0.39 is 0 Å². The first-order valence-electron chi connectivity index (χ1n) is 4.33. The van der Waals surface area contributed by atoms with Crippen LogP contribution in [0.2, 0.25) is 0 Å². The molecule has 1 fully saturated rings. The minimum atomic E-state index is 0.338. The summed E-state index contributed by atoms with van der Waals surface area (Å²) in [6.45, 7) is 0. The zero-order valence-electron chi connectivity index (χ0n) is 6.53. The standard InChI is InChI=1S/C9H12N2/c10-5-7-1-3-8(4-2-7)9-6-11-9/h6-9H,1-4H2. The molecule has 11 heavy (non-hydrogen) atoms. The Balaban J connectivity index is 1.80. The van der Waals surface area contributed by atoms with Crippen LogP contribution in [0, 0.1) is 23.2 Å². The Morgan fingerprint density at radius 3 is 2.36 bits per heavy atom. The molecule has 0 aromatic carbocycles. The Labute approximate surface area is 66.9 Å². The fourth-order valence-electron chi connectivity index (χ4n) is 1.88. The van der Waals surface area contributed by atoms with Gasteiger partial charge in [0.25, 0.3) is 0 Å². The van der Waals surface area contributed by atoms with Gasteiger partial charge in [0.15, 0.2) is 0 Å². The minimum Gasteiger partial charge on any atom is -0.286 e. The predicted octanol–water partition coefficient (Wildman–Crippen LogP) is 1.77. The third-order valence-electron chi connectivity index (χ3n) is 2.76. The lowest BCUT2D eigenvalue weighted by Gasteiger charge is -2.23. The van der Waals surface area contributed by atoms with Crippen molar-refractivity contribution in [1.82, 2.24) is 0 Å². The maximum absolute atomic E-state index is 8.65. The smallest absolute Gasteiger partial charge is 0.0871 e. The number of aliphatic imine (C=N–C) groups is 1. The summed E-state index contributed by atoms with van der Waals surface area (Å²) in [5, 5.41) is 8.65. The largest absolute Gasteiger partial charge is 0.286 e. The summed E-state index contributed by atoms with van der Waals surface area (Å²) in [7, 11) is 0. The van der Waals surface area contributed by atoms with Crippen LogP contribution in [0.4, 0.5) is 0 Å². The molecule has 58 valence electrons. The molecule has 1 heterocycles. The van der Waals surface area contributed by atoms with E-state index in [2.05, 4.69) is 11.1 Å².